The van der Waals surface area contributed by atoms with E-state index in [4.69, 9.17) is 28.4 Å². The summed E-state index contributed by atoms with van der Waals surface area (Å²) in [5.41, 5.74) is 20.7. The molecule has 1 aliphatic rings. The zero-order chi connectivity index (χ0) is 80.0. The summed E-state index contributed by atoms with van der Waals surface area (Å²) in [6.45, 7) is 53.0. The van der Waals surface area contributed by atoms with Gasteiger partial charge in [-0.3, -0.25) is 9.59 Å². The van der Waals surface area contributed by atoms with Crippen molar-refractivity contribution in [2.24, 2.45) is 0 Å². The zero-order valence-corrected chi connectivity index (χ0v) is 69.9. The smallest absolute Gasteiger partial charge is 0.464 e. The van der Waals surface area contributed by atoms with Gasteiger partial charge < -0.3 is 37.9 Å². The van der Waals surface area contributed by atoms with Gasteiger partial charge in [-0.25, -0.2) is 9.59 Å². The van der Waals surface area contributed by atoms with Gasteiger partial charge in [0.2, 0.25) is 11.4 Å². The third kappa shape index (κ3) is 21.0. The minimum absolute atomic E-state index is 0.141. The number of hydrogen-bond acceptors (Lipinski definition) is 11. The number of aryl methyl sites for hydroxylation is 9. The molecule has 0 radical (unpaired) electrons. The van der Waals surface area contributed by atoms with Gasteiger partial charge in [0.05, 0.1) is 12.2 Å². The van der Waals surface area contributed by atoms with E-state index < -0.39 is 45.2 Å². The third-order valence-corrected chi connectivity index (χ3v) is 19.5. The predicted molar refractivity (Wildman–Crippen MR) is 446 cm³/mol. The van der Waals surface area contributed by atoms with Crippen molar-refractivity contribution in [3.8, 4) is 22.8 Å². The molecule has 0 atom stereocenters. The second kappa shape index (κ2) is 33.6. The van der Waals surface area contributed by atoms with E-state index in [0.29, 0.717) is 37.4 Å². The summed E-state index contributed by atoms with van der Waals surface area (Å²) < 4.78 is 40.6. The molecule has 13 heteroatoms. The first-order chi connectivity index (χ1) is 50.9. The van der Waals surface area contributed by atoms with Gasteiger partial charge in [-0.05, 0) is 211 Å². The highest BCUT2D eigenvalue weighted by atomic mass is 16.7. The average Bonchev–Trinajstić information content (AvgIpc) is 1.59. The van der Waals surface area contributed by atoms with E-state index in [9.17, 15) is 19.2 Å². The highest BCUT2D eigenvalue weighted by Crippen LogP contribution is 2.47. The van der Waals surface area contributed by atoms with Crippen LogP contribution in [-0.2, 0) is 69.6 Å². The minimum Gasteiger partial charge on any atom is -0.464 e. The monoisotopic (exact) mass is 1470 g/mol. The Labute approximate surface area is 650 Å². The number of benzene rings is 7. The van der Waals surface area contributed by atoms with Crippen molar-refractivity contribution < 1.29 is 52.2 Å². The fraction of sp³-hybridized carbons (Fsp3) is 0.427. The van der Waals surface area contributed by atoms with E-state index in [0.717, 1.165) is 147 Å². The lowest BCUT2D eigenvalue weighted by Gasteiger charge is -2.30. The van der Waals surface area contributed by atoms with Crippen LogP contribution < -0.4 is 14.4 Å². The number of nitrogens with zero attached hydrogens (tertiary/aromatic N) is 3. The van der Waals surface area contributed by atoms with Crippen molar-refractivity contribution in [3.63, 3.8) is 0 Å². The summed E-state index contributed by atoms with van der Waals surface area (Å²) in [7, 11) is 0. The average molecular weight is 1480 g/mol. The normalized spacial score (nSPS) is 12.9. The zero-order valence-electron chi connectivity index (χ0n) is 69.9. The van der Waals surface area contributed by atoms with Crippen LogP contribution in [0.25, 0.3) is 27.7 Å². The Kier molecular flexibility index (Phi) is 25.7. The van der Waals surface area contributed by atoms with E-state index >= 15 is 0 Å². The topological polar surface area (TPSA) is 135 Å². The highest BCUT2D eigenvalue weighted by molar-refractivity contribution is 6.09. The Balaban J connectivity index is 1.07. The molecule has 0 N–H and O–H groups in total. The maximum absolute atomic E-state index is 14.1. The molecule has 8 aromatic rings. The molecule has 0 unspecified atom stereocenters. The molecule has 109 heavy (non-hydrogen) atoms. The fourth-order valence-electron chi connectivity index (χ4n) is 14.9. The summed E-state index contributed by atoms with van der Waals surface area (Å²) in [5, 5.41) is 1.14. The van der Waals surface area contributed by atoms with Crippen LogP contribution in [0.5, 0.6) is 11.5 Å². The molecule has 7 aromatic carbocycles. The summed E-state index contributed by atoms with van der Waals surface area (Å²) in [6.07, 6.45) is 9.47. The van der Waals surface area contributed by atoms with Gasteiger partial charge in [-0.2, -0.15) is 4.58 Å². The predicted octanol–water partition coefficient (Wildman–Crippen LogP) is 23.6. The highest BCUT2D eigenvalue weighted by Gasteiger charge is 2.35. The Morgan fingerprint density at radius 2 is 0.917 bits per heavy atom. The molecule has 578 valence electrons. The lowest BCUT2D eigenvalue weighted by molar-refractivity contribution is -0.443. The lowest BCUT2D eigenvalue weighted by Crippen LogP contribution is -2.28. The van der Waals surface area contributed by atoms with E-state index in [2.05, 4.69) is 297 Å². The van der Waals surface area contributed by atoms with Crippen molar-refractivity contribution in [1.29, 1.82) is 0 Å². The van der Waals surface area contributed by atoms with Gasteiger partial charge in [-0.15, -0.1) is 0 Å². The maximum atomic E-state index is 14.1. The van der Waals surface area contributed by atoms with Crippen molar-refractivity contribution >= 4 is 63.5 Å². The largest absolute Gasteiger partial charge is 0.514 e. The van der Waals surface area contributed by atoms with Crippen molar-refractivity contribution in [1.82, 2.24) is 4.57 Å². The van der Waals surface area contributed by atoms with Crippen LogP contribution in [-0.4, -0.2) is 76.6 Å². The molecule has 1 aliphatic carbocycles. The Bertz CT molecular complexity index is 4690. The number of carbonyl (C=O) groups is 4. The standard InChI is InChI=1S/C96H120N3O10/c1-26-48-99-79-35-31-30-34-74(79)83(86(99)71-32-28-27-29-33-71)82(69-38-42-72(43-39-69)97(84-63(4)53-61(2)54-64(84)5)49-51-104-80(100)46-36-67-57-75(91(8,9)10)87(76(58-67)92(11,12)13)106-89(102)108-95(20,21)22)70-40-44-73(45-41-70)98(85-65(6)55-62(3)56-66(85)7)50-52-105-81(101)47-37-68-59-77(93(14,15)16)88(78(60-68)94(17,18)19)107-90(103)109-96(23,24)25/h27-35,38-45,53-60H,26,36-37,46-52H2,1-25H3/q+1. The molecule has 0 amide bonds. The van der Waals surface area contributed by atoms with Crippen molar-refractivity contribution in [2.45, 2.75) is 245 Å². The molecular formula is C96H120N3O10+. The van der Waals surface area contributed by atoms with Crippen LogP contribution in [0.3, 0.4) is 0 Å². The number of rotatable bonds is 22. The summed E-state index contributed by atoms with van der Waals surface area (Å²) >= 11 is 0. The van der Waals surface area contributed by atoms with E-state index in [-0.39, 0.29) is 38.0 Å². The summed E-state index contributed by atoms with van der Waals surface area (Å²) in [4.78, 5) is 56.9. The first-order valence-corrected chi connectivity index (χ1v) is 38.8. The van der Waals surface area contributed by atoms with E-state index in [1.54, 1.807) is 0 Å². The van der Waals surface area contributed by atoms with Gasteiger partial charge in [-0.1, -0.05) is 198 Å². The van der Waals surface area contributed by atoms with Crippen LogP contribution in [0.2, 0.25) is 0 Å². The maximum Gasteiger partial charge on any atom is 0.514 e. The van der Waals surface area contributed by atoms with Gasteiger partial charge >= 0.3 is 24.2 Å². The Hall–Kier alpha value is -9.75. The SMILES string of the molecule is CCCn1c(-c2ccccc2)c(C(=C2C=CC(=[N+](CCOC(=O)CCc3cc(C(C)(C)C)c(OC(=O)OC(C)(C)C)c(C(C)(C)C)c3)c3c(C)cc(C)cc3C)C=C2)c2ccc(N(CCOC(=O)CCc3cc(C(C)(C)C)c(OC(=O)OC(C)(C)C)c(C(C)(C)C)c3)c3c(C)cc(C)cc3C)cc2)c2ccccc21. The number of ether oxygens (including phenoxy) is 6. The van der Waals surface area contributed by atoms with Gasteiger partial charge in [0.1, 0.15) is 29.3 Å². The quantitative estimate of drug-likeness (QED) is 0.0278. The minimum atomic E-state index is -0.756. The number of carbonyl (C=O) groups excluding carboxylic acids is 4. The third-order valence-electron chi connectivity index (χ3n) is 19.5. The number of fused-ring (bicyclic) bond motifs is 1. The Morgan fingerprint density at radius 1 is 0.486 bits per heavy atom. The summed E-state index contributed by atoms with van der Waals surface area (Å²) in [6, 6.07) is 45.4. The number of anilines is 2. The molecule has 0 spiro atoms. The molecule has 0 saturated heterocycles. The molecular weight excluding hydrogens is 1360 g/mol. The van der Waals surface area contributed by atoms with Crippen LogP contribution in [0, 0.1) is 41.5 Å². The number of esters is 2. The first-order valence-electron chi connectivity index (χ1n) is 38.8. The van der Waals surface area contributed by atoms with E-state index in [1.807, 2.05) is 41.5 Å². The van der Waals surface area contributed by atoms with E-state index in [1.165, 1.54) is 0 Å². The number of aromatic nitrogens is 1. The number of allylic oxidation sites excluding steroid dienone is 5. The lowest BCUT2D eigenvalue weighted by atomic mass is 9.78. The van der Waals surface area contributed by atoms with Crippen LogP contribution >= 0.6 is 0 Å². The molecule has 0 aliphatic heterocycles. The van der Waals surface area contributed by atoms with Crippen LogP contribution in [0.4, 0.5) is 26.7 Å². The number of hydrogen-bond donors (Lipinski definition) is 0. The molecule has 0 saturated carbocycles. The van der Waals surface area contributed by atoms with Gasteiger partial charge in [0.25, 0.3) is 0 Å². The van der Waals surface area contributed by atoms with Crippen LogP contribution in [0.1, 0.15) is 229 Å². The van der Waals surface area contributed by atoms with Gasteiger partial charge in [0.15, 0.2) is 13.2 Å². The molecule has 1 heterocycles. The Morgan fingerprint density at radius 3 is 1.36 bits per heavy atom. The summed E-state index contributed by atoms with van der Waals surface area (Å²) in [5.74, 6) is 0.373. The number of para-hydroxylation sites is 1. The fourth-order valence-corrected chi connectivity index (χ4v) is 14.9. The second-order valence-electron chi connectivity index (χ2n) is 35.6. The second-order valence-corrected chi connectivity index (χ2v) is 35.6. The molecule has 0 bridgehead atoms. The van der Waals surface area contributed by atoms with Crippen molar-refractivity contribution in [3.05, 3.63) is 235 Å². The molecule has 1 aromatic heterocycles. The van der Waals surface area contributed by atoms with Crippen molar-refractivity contribution in [2.75, 3.05) is 31.2 Å². The van der Waals surface area contributed by atoms with Gasteiger partial charge in [0, 0.05) is 92.8 Å². The van der Waals surface area contributed by atoms with Crippen LogP contribution in [0.15, 0.2) is 157 Å². The molecule has 13 nitrogen and oxygen atoms in total. The first kappa shape index (κ1) is 83.3. The molecule has 9 rings (SSSR count). The molecule has 0 fully saturated rings.